The van der Waals surface area contributed by atoms with Gasteiger partial charge in [0.1, 0.15) is 5.92 Å². The average Bonchev–Trinajstić information content (AvgIpc) is 1.82. The van der Waals surface area contributed by atoms with Crippen LogP contribution in [-0.2, 0) is 9.59 Å². The minimum absolute atomic E-state index is 0.778. The molecule has 0 fully saturated rings. The van der Waals surface area contributed by atoms with Crippen molar-refractivity contribution in [3.63, 3.8) is 0 Å². The van der Waals surface area contributed by atoms with Crippen LogP contribution in [0.25, 0.3) is 0 Å². The zero-order valence-electron chi connectivity index (χ0n) is 6.89. The number of hydrogen-bond acceptors (Lipinski definition) is 4. The molecule has 0 rings (SSSR count). The Morgan fingerprint density at radius 1 is 1.31 bits per heavy atom. The minimum atomic E-state index is -2.64. The van der Waals surface area contributed by atoms with E-state index < -0.39 is 29.2 Å². The van der Waals surface area contributed by atoms with E-state index in [1.165, 1.54) is 0 Å². The summed E-state index contributed by atoms with van der Waals surface area (Å²) in [5, 5.41) is 34.7. The van der Waals surface area contributed by atoms with Crippen LogP contribution in [0.1, 0.15) is 6.92 Å². The maximum atomic E-state index is 10.4. The topological polar surface area (TPSA) is 115 Å². The Morgan fingerprint density at radius 3 is 1.77 bits per heavy atom. The van der Waals surface area contributed by atoms with Gasteiger partial charge in [-0.3, -0.25) is 4.79 Å². The van der Waals surface area contributed by atoms with Crippen LogP contribution in [0.3, 0.4) is 0 Å². The molecule has 0 aliphatic carbocycles. The fourth-order valence-corrected chi connectivity index (χ4v) is 0.837. The molecule has 0 spiro atoms. The van der Waals surface area contributed by atoms with Gasteiger partial charge in [-0.25, -0.2) is 4.79 Å². The highest BCUT2D eigenvalue weighted by Gasteiger charge is 2.40. The summed E-state index contributed by atoms with van der Waals surface area (Å²) in [5.41, 5.74) is -0.778. The molecule has 0 radical (unpaired) electrons. The predicted octanol–water partition coefficient (Wildman–Crippen LogP) is -0.971. The largest absolute Gasteiger partial charge is 0.481 e. The SMILES string of the molecule is C=C(C(=O)O)C(C(=O)O)C(C)(O)O. The number of aliphatic hydroxyl groups is 2. The Hall–Kier alpha value is -1.40. The second kappa shape index (κ2) is 3.55. The van der Waals surface area contributed by atoms with Gasteiger partial charge in [0, 0.05) is 5.57 Å². The first kappa shape index (κ1) is 11.6. The number of rotatable bonds is 4. The molecule has 0 aromatic rings. The van der Waals surface area contributed by atoms with Crippen LogP contribution in [0.15, 0.2) is 12.2 Å². The van der Waals surface area contributed by atoms with E-state index in [1.807, 2.05) is 0 Å². The molecular weight excluding hydrogens is 180 g/mol. The molecule has 6 heteroatoms. The molecule has 1 atom stereocenters. The van der Waals surface area contributed by atoms with Gasteiger partial charge < -0.3 is 20.4 Å². The Balaban J connectivity index is 4.95. The minimum Gasteiger partial charge on any atom is -0.481 e. The summed E-state index contributed by atoms with van der Waals surface area (Å²) in [6, 6.07) is 0. The molecule has 0 saturated carbocycles. The van der Waals surface area contributed by atoms with Gasteiger partial charge in [0.05, 0.1) is 0 Å². The summed E-state index contributed by atoms with van der Waals surface area (Å²) < 4.78 is 0. The van der Waals surface area contributed by atoms with Crippen LogP contribution in [0.5, 0.6) is 0 Å². The van der Waals surface area contributed by atoms with Crippen LogP contribution < -0.4 is 0 Å². The second-order valence-corrected chi connectivity index (χ2v) is 2.70. The summed E-state index contributed by atoms with van der Waals surface area (Å²) >= 11 is 0. The van der Waals surface area contributed by atoms with Crippen molar-refractivity contribution in [2.75, 3.05) is 0 Å². The summed E-state index contributed by atoms with van der Waals surface area (Å²) in [7, 11) is 0. The van der Waals surface area contributed by atoms with Crippen molar-refractivity contribution in [1.29, 1.82) is 0 Å². The highest BCUT2D eigenvalue weighted by Crippen LogP contribution is 2.21. The predicted molar refractivity (Wildman–Crippen MR) is 40.7 cm³/mol. The smallest absolute Gasteiger partial charge is 0.332 e. The molecule has 0 bridgehead atoms. The van der Waals surface area contributed by atoms with Gasteiger partial charge in [-0.2, -0.15) is 0 Å². The molecule has 6 nitrogen and oxygen atoms in total. The highest BCUT2D eigenvalue weighted by atomic mass is 16.5. The molecule has 13 heavy (non-hydrogen) atoms. The molecule has 0 aliphatic heterocycles. The normalized spacial score (nSPS) is 13.5. The van der Waals surface area contributed by atoms with E-state index in [1.54, 1.807) is 0 Å². The van der Waals surface area contributed by atoms with Crippen molar-refractivity contribution in [1.82, 2.24) is 0 Å². The third-order valence-corrected chi connectivity index (χ3v) is 1.42. The molecule has 0 aromatic carbocycles. The lowest BCUT2D eigenvalue weighted by atomic mass is 9.92. The lowest BCUT2D eigenvalue weighted by molar-refractivity contribution is -0.193. The lowest BCUT2D eigenvalue weighted by Gasteiger charge is -2.23. The third kappa shape index (κ3) is 2.85. The van der Waals surface area contributed by atoms with Crippen LogP contribution in [0.4, 0.5) is 0 Å². The van der Waals surface area contributed by atoms with Crippen molar-refractivity contribution in [2.24, 2.45) is 5.92 Å². The van der Waals surface area contributed by atoms with Gasteiger partial charge in [-0.1, -0.05) is 6.58 Å². The maximum Gasteiger partial charge on any atom is 0.332 e. The molecule has 0 saturated heterocycles. The molecule has 0 amide bonds. The Bertz CT molecular complexity index is 248. The van der Waals surface area contributed by atoms with E-state index in [-0.39, 0.29) is 0 Å². The van der Waals surface area contributed by atoms with Crippen LogP contribution in [0.2, 0.25) is 0 Å². The highest BCUT2D eigenvalue weighted by molar-refractivity contribution is 5.93. The quantitative estimate of drug-likeness (QED) is 0.335. The standard InChI is InChI=1S/C7H10O6/c1-3(5(8)9)4(6(10)11)7(2,12)13/h4,12-13H,1H2,2H3,(H,8,9)(H,10,11). The van der Waals surface area contributed by atoms with E-state index in [0.29, 0.717) is 0 Å². The summed E-state index contributed by atoms with van der Waals surface area (Å²) in [6.07, 6.45) is 0. The second-order valence-electron chi connectivity index (χ2n) is 2.70. The van der Waals surface area contributed by atoms with Crippen LogP contribution >= 0.6 is 0 Å². The van der Waals surface area contributed by atoms with Gasteiger partial charge in [0.25, 0.3) is 0 Å². The number of carboxylic acid groups (broad SMARTS) is 2. The Labute approximate surface area is 73.7 Å². The first-order valence-electron chi connectivity index (χ1n) is 3.27. The fraction of sp³-hybridized carbons (Fsp3) is 0.429. The molecule has 74 valence electrons. The molecule has 1 unspecified atom stereocenters. The zero-order chi connectivity index (χ0) is 10.8. The van der Waals surface area contributed by atoms with E-state index >= 15 is 0 Å². The molecule has 0 aliphatic rings. The van der Waals surface area contributed by atoms with Gasteiger partial charge in [0.2, 0.25) is 0 Å². The van der Waals surface area contributed by atoms with Crippen LogP contribution in [0, 0.1) is 5.92 Å². The first-order valence-corrected chi connectivity index (χ1v) is 3.27. The van der Waals surface area contributed by atoms with Gasteiger partial charge in [-0.05, 0) is 6.92 Å². The molecule has 0 aromatic heterocycles. The summed E-state index contributed by atoms with van der Waals surface area (Å²) in [6.45, 7) is 3.72. The monoisotopic (exact) mass is 190 g/mol. The zero-order valence-corrected chi connectivity index (χ0v) is 6.89. The molecule has 0 heterocycles. The van der Waals surface area contributed by atoms with Crippen molar-refractivity contribution < 1.29 is 30.0 Å². The van der Waals surface area contributed by atoms with E-state index in [9.17, 15) is 9.59 Å². The first-order chi connectivity index (χ1) is 5.68. The number of carbonyl (C=O) groups is 2. The van der Waals surface area contributed by atoms with Crippen molar-refractivity contribution in [3.05, 3.63) is 12.2 Å². The lowest BCUT2D eigenvalue weighted by Crippen LogP contribution is -2.42. The average molecular weight is 190 g/mol. The van der Waals surface area contributed by atoms with Crippen molar-refractivity contribution in [2.45, 2.75) is 12.7 Å². The summed E-state index contributed by atoms with van der Waals surface area (Å²) in [5.74, 6) is -7.81. The maximum absolute atomic E-state index is 10.4. The molecular formula is C7H10O6. The van der Waals surface area contributed by atoms with Gasteiger partial charge in [-0.15, -0.1) is 0 Å². The van der Waals surface area contributed by atoms with Gasteiger partial charge in [0.15, 0.2) is 5.79 Å². The number of carboxylic acids is 2. The van der Waals surface area contributed by atoms with E-state index in [4.69, 9.17) is 20.4 Å². The van der Waals surface area contributed by atoms with Crippen molar-refractivity contribution in [3.8, 4) is 0 Å². The van der Waals surface area contributed by atoms with Crippen LogP contribution in [-0.4, -0.2) is 38.2 Å². The van der Waals surface area contributed by atoms with Gasteiger partial charge >= 0.3 is 11.9 Å². The number of hydrogen-bond donors (Lipinski definition) is 4. The van der Waals surface area contributed by atoms with E-state index in [0.717, 1.165) is 6.92 Å². The van der Waals surface area contributed by atoms with E-state index in [2.05, 4.69) is 6.58 Å². The molecule has 4 N–H and O–H groups in total. The summed E-state index contributed by atoms with van der Waals surface area (Å²) in [4.78, 5) is 20.8. The Morgan fingerprint density at radius 2 is 1.69 bits per heavy atom. The Kier molecular flexibility index (Phi) is 3.16. The third-order valence-electron chi connectivity index (χ3n) is 1.42. The van der Waals surface area contributed by atoms with Crippen molar-refractivity contribution >= 4 is 11.9 Å². The fourth-order valence-electron chi connectivity index (χ4n) is 0.837. The number of aliphatic carboxylic acids is 2.